The average Bonchev–Trinajstić information content (AvgIpc) is 2.88. The minimum absolute atomic E-state index is 0.108. The smallest absolute Gasteiger partial charge is 0.160 e. The van der Waals surface area contributed by atoms with E-state index in [9.17, 15) is 5.11 Å². The van der Waals surface area contributed by atoms with Crippen LogP contribution in [0.2, 0.25) is 0 Å². The van der Waals surface area contributed by atoms with Crippen molar-refractivity contribution in [1.82, 2.24) is 15.5 Å². The van der Waals surface area contributed by atoms with Gasteiger partial charge in [-0.15, -0.1) is 10.2 Å². The Morgan fingerprint density at radius 3 is 2.84 bits per heavy atom. The van der Waals surface area contributed by atoms with E-state index in [1.807, 2.05) is 6.07 Å². The molecule has 0 saturated carbocycles. The zero-order chi connectivity index (χ0) is 13.8. The van der Waals surface area contributed by atoms with Crippen molar-refractivity contribution in [3.8, 4) is 22.1 Å². The molecular formula is C13H17N3O2S. The van der Waals surface area contributed by atoms with E-state index in [1.165, 1.54) is 18.4 Å². The summed E-state index contributed by atoms with van der Waals surface area (Å²) in [5.74, 6) is 0.561. The third-order valence-corrected chi connectivity index (χ3v) is 3.90. The van der Waals surface area contributed by atoms with Crippen LogP contribution in [0.3, 0.4) is 0 Å². The topological polar surface area (TPSA) is 67.3 Å². The van der Waals surface area contributed by atoms with Gasteiger partial charge in [-0.3, -0.25) is 0 Å². The van der Waals surface area contributed by atoms with Gasteiger partial charge in [0.1, 0.15) is 10.0 Å². The summed E-state index contributed by atoms with van der Waals surface area (Å²) in [5, 5.41) is 23.1. The van der Waals surface area contributed by atoms with Crippen LogP contribution in [-0.4, -0.2) is 29.0 Å². The minimum atomic E-state index is 0.108. The van der Waals surface area contributed by atoms with Crippen molar-refractivity contribution in [2.75, 3.05) is 13.7 Å². The summed E-state index contributed by atoms with van der Waals surface area (Å²) in [4.78, 5) is 0. The highest BCUT2D eigenvalue weighted by Gasteiger charge is 2.13. The lowest BCUT2D eigenvalue weighted by Gasteiger charge is -2.06. The van der Waals surface area contributed by atoms with Crippen LogP contribution in [0.25, 0.3) is 10.6 Å². The highest BCUT2D eigenvalue weighted by atomic mass is 32.1. The zero-order valence-electron chi connectivity index (χ0n) is 11.2. The summed E-state index contributed by atoms with van der Waals surface area (Å²) < 4.78 is 5.02. The van der Waals surface area contributed by atoms with Crippen molar-refractivity contribution in [3.63, 3.8) is 0 Å². The number of ether oxygens (including phenoxy) is 1. The maximum absolute atomic E-state index is 9.77. The van der Waals surface area contributed by atoms with Crippen LogP contribution < -0.4 is 10.1 Å². The Balaban J connectivity index is 2.25. The second kappa shape index (κ2) is 5.99. The fourth-order valence-corrected chi connectivity index (χ4v) is 2.61. The Hall–Kier alpha value is -1.66. The Kier molecular flexibility index (Phi) is 4.34. The van der Waals surface area contributed by atoms with Gasteiger partial charge in [-0.05, 0) is 31.7 Å². The second-order valence-electron chi connectivity index (χ2n) is 4.11. The molecule has 0 bridgehead atoms. The Morgan fingerprint density at radius 2 is 2.21 bits per heavy atom. The summed E-state index contributed by atoms with van der Waals surface area (Å²) in [6, 6.07) is 5.41. The maximum atomic E-state index is 9.77. The molecule has 2 aromatic rings. The molecule has 1 heterocycles. The molecule has 1 aromatic carbocycles. The number of hydrogen-bond acceptors (Lipinski definition) is 6. The van der Waals surface area contributed by atoms with Crippen LogP contribution in [-0.2, 0) is 0 Å². The number of phenols is 1. The van der Waals surface area contributed by atoms with Gasteiger partial charge in [0.25, 0.3) is 0 Å². The molecule has 0 aliphatic rings. The van der Waals surface area contributed by atoms with E-state index in [2.05, 4.69) is 29.4 Å². The van der Waals surface area contributed by atoms with Gasteiger partial charge in [0.2, 0.25) is 0 Å². The van der Waals surface area contributed by atoms with E-state index in [4.69, 9.17) is 4.74 Å². The predicted molar refractivity (Wildman–Crippen MR) is 75.7 cm³/mol. The van der Waals surface area contributed by atoms with Crippen molar-refractivity contribution in [1.29, 1.82) is 0 Å². The summed E-state index contributed by atoms with van der Waals surface area (Å²) in [7, 11) is 1.52. The van der Waals surface area contributed by atoms with Crippen LogP contribution in [0, 0.1) is 0 Å². The van der Waals surface area contributed by atoms with E-state index in [0.29, 0.717) is 5.75 Å². The molecule has 0 fully saturated rings. The minimum Gasteiger partial charge on any atom is -0.504 e. The molecule has 0 spiro atoms. The largest absolute Gasteiger partial charge is 0.504 e. The molecule has 0 aliphatic carbocycles. The Labute approximate surface area is 116 Å². The van der Waals surface area contributed by atoms with E-state index in [1.54, 1.807) is 12.1 Å². The van der Waals surface area contributed by atoms with Crippen molar-refractivity contribution < 1.29 is 9.84 Å². The summed E-state index contributed by atoms with van der Waals surface area (Å²) >= 11 is 1.52. The Morgan fingerprint density at radius 1 is 1.42 bits per heavy atom. The summed E-state index contributed by atoms with van der Waals surface area (Å²) in [6.45, 7) is 5.00. The van der Waals surface area contributed by atoms with Crippen molar-refractivity contribution in [2.45, 2.75) is 19.9 Å². The lowest BCUT2D eigenvalue weighted by molar-refractivity contribution is 0.373. The average molecular weight is 279 g/mol. The third kappa shape index (κ3) is 3.02. The number of nitrogens with zero attached hydrogens (tertiary/aromatic N) is 2. The van der Waals surface area contributed by atoms with Crippen LogP contribution in [0.5, 0.6) is 11.5 Å². The van der Waals surface area contributed by atoms with Crippen molar-refractivity contribution in [3.05, 3.63) is 23.2 Å². The van der Waals surface area contributed by atoms with Crippen LogP contribution in [0.1, 0.15) is 24.9 Å². The van der Waals surface area contributed by atoms with Gasteiger partial charge < -0.3 is 15.2 Å². The second-order valence-corrected chi connectivity index (χ2v) is 5.12. The summed E-state index contributed by atoms with van der Waals surface area (Å²) in [6.07, 6.45) is 0. The van der Waals surface area contributed by atoms with Gasteiger partial charge in [-0.1, -0.05) is 18.3 Å². The number of phenolic OH excluding ortho intramolecular Hbond substituents is 1. The number of nitrogens with one attached hydrogen (secondary N) is 1. The molecule has 0 saturated heterocycles. The number of benzene rings is 1. The normalized spacial score (nSPS) is 12.4. The van der Waals surface area contributed by atoms with Gasteiger partial charge in [0, 0.05) is 5.56 Å². The zero-order valence-corrected chi connectivity index (χ0v) is 12.0. The van der Waals surface area contributed by atoms with E-state index in [-0.39, 0.29) is 11.8 Å². The molecule has 102 valence electrons. The predicted octanol–water partition coefficient (Wildman–Crippen LogP) is 2.59. The lowest BCUT2D eigenvalue weighted by atomic mass is 10.2. The number of aromatic hydroxyl groups is 1. The number of aromatic nitrogens is 2. The van der Waals surface area contributed by atoms with Gasteiger partial charge in [0.05, 0.1) is 13.2 Å². The molecule has 0 radical (unpaired) electrons. The SMILES string of the molecule is CCNC(C)c1nnc(-c2ccc(OC)c(O)c2)s1. The molecule has 2 rings (SSSR count). The molecule has 1 atom stereocenters. The van der Waals surface area contributed by atoms with E-state index in [0.717, 1.165) is 22.1 Å². The molecule has 0 amide bonds. The van der Waals surface area contributed by atoms with Gasteiger partial charge in [-0.2, -0.15) is 0 Å². The Bertz CT molecular complexity index is 557. The first kappa shape index (κ1) is 13.8. The molecule has 5 nitrogen and oxygen atoms in total. The van der Waals surface area contributed by atoms with Crippen LogP contribution >= 0.6 is 11.3 Å². The monoisotopic (exact) mass is 279 g/mol. The fourth-order valence-electron chi connectivity index (χ4n) is 1.74. The van der Waals surface area contributed by atoms with E-state index >= 15 is 0 Å². The number of rotatable bonds is 5. The molecule has 19 heavy (non-hydrogen) atoms. The highest BCUT2D eigenvalue weighted by Crippen LogP contribution is 2.33. The van der Waals surface area contributed by atoms with Crippen LogP contribution in [0.4, 0.5) is 0 Å². The molecule has 0 aliphatic heterocycles. The standard InChI is InChI=1S/C13H17N3O2S/c1-4-14-8(2)12-15-16-13(19-12)9-5-6-11(18-3)10(17)7-9/h5-8,14,17H,4H2,1-3H3. The highest BCUT2D eigenvalue weighted by molar-refractivity contribution is 7.14. The van der Waals surface area contributed by atoms with Crippen molar-refractivity contribution in [2.24, 2.45) is 0 Å². The molecule has 1 unspecified atom stereocenters. The first-order valence-corrected chi connectivity index (χ1v) is 6.91. The fraction of sp³-hybridized carbons (Fsp3) is 0.385. The first-order valence-electron chi connectivity index (χ1n) is 6.09. The van der Waals surface area contributed by atoms with E-state index < -0.39 is 0 Å². The number of methoxy groups -OCH3 is 1. The molecule has 2 N–H and O–H groups in total. The molecule has 1 aromatic heterocycles. The number of hydrogen-bond donors (Lipinski definition) is 2. The van der Waals surface area contributed by atoms with Crippen molar-refractivity contribution >= 4 is 11.3 Å². The molecular weight excluding hydrogens is 262 g/mol. The van der Waals surface area contributed by atoms with Gasteiger partial charge in [-0.25, -0.2) is 0 Å². The molecule has 6 heteroatoms. The van der Waals surface area contributed by atoms with Gasteiger partial charge in [0.15, 0.2) is 11.5 Å². The van der Waals surface area contributed by atoms with Gasteiger partial charge >= 0.3 is 0 Å². The summed E-state index contributed by atoms with van der Waals surface area (Å²) in [5.41, 5.74) is 0.839. The lowest BCUT2D eigenvalue weighted by Crippen LogP contribution is -2.17. The third-order valence-electron chi connectivity index (χ3n) is 2.75. The maximum Gasteiger partial charge on any atom is 0.160 e. The quantitative estimate of drug-likeness (QED) is 0.880. The first-order chi connectivity index (χ1) is 9.15. The van der Waals surface area contributed by atoms with Crippen LogP contribution in [0.15, 0.2) is 18.2 Å².